The predicted octanol–water partition coefficient (Wildman–Crippen LogP) is 0.970. The lowest BCUT2D eigenvalue weighted by molar-refractivity contribution is 1.32. The molecule has 46 valence electrons. The Morgan fingerprint density at radius 2 is 2.25 bits per heavy atom. The second-order valence-electron chi connectivity index (χ2n) is 1.49. The van der Waals surface area contributed by atoms with E-state index in [1.807, 2.05) is 6.92 Å². The van der Waals surface area contributed by atoms with Crippen molar-refractivity contribution in [2.45, 2.75) is 6.92 Å². The fourth-order valence-electron chi connectivity index (χ4n) is 0.174. The van der Waals surface area contributed by atoms with E-state index in [-0.39, 0.29) is 0 Å². The van der Waals surface area contributed by atoms with Gasteiger partial charge in [-0.05, 0) is 12.5 Å². The van der Waals surface area contributed by atoms with E-state index in [1.54, 1.807) is 5.41 Å². The molecule has 0 heterocycles. The predicted molar refractivity (Wildman–Crippen MR) is 38.9 cm³/mol. The summed E-state index contributed by atoms with van der Waals surface area (Å²) >= 11 is 1.09. The molecular weight excluding hydrogens is 120 g/mol. The molecule has 4 N–H and O–H groups in total. The zero-order chi connectivity index (χ0) is 6.57. The van der Waals surface area contributed by atoms with Crippen molar-refractivity contribution in [1.82, 2.24) is 0 Å². The van der Waals surface area contributed by atoms with Gasteiger partial charge in [0.25, 0.3) is 0 Å². The normalized spacial score (nSPS) is 11.5. The Kier molecular flexibility index (Phi) is 3.39. The zero-order valence-electron chi connectivity index (χ0n) is 4.85. The highest BCUT2D eigenvalue weighted by Gasteiger charge is 1.85. The topological polar surface area (TPSA) is 52.0 Å². The number of hydrogen-bond donors (Lipinski definition) is 2. The highest BCUT2D eigenvalue weighted by molar-refractivity contribution is 8.00. The van der Waals surface area contributed by atoms with E-state index in [1.165, 1.54) is 0 Å². The molecule has 0 fully saturated rings. The lowest BCUT2D eigenvalue weighted by atomic mass is 10.3. The molecule has 0 rings (SSSR count). The quantitative estimate of drug-likeness (QED) is 0.432. The standard InChI is InChI=1S/C5H10N2S/c1-4(2)5(6)3-8-7/h3H,1,6-7H2,2H3/b5-3-. The first kappa shape index (κ1) is 7.59. The van der Waals surface area contributed by atoms with Crippen LogP contribution in [0.1, 0.15) is 6.92 Å². The first-order valence-electron chi connectivity index (χ1n) is 2.15. The van der Waals surface area contributed by atoms with E-state index in [0.29, 0.717) is 5.70 Å². The van der Waals surface area contributed by atoms with E-state index < -0.39 is 0 Å². The summed E-state index contributed by atoms with van der Waals surface area (Å²) in [5.74, 6) is 0. The van der Waals surface area contributed by atoms with Crippen LogP contribution in [-0.4, -0.2) is 0 Å². The molecule has 0 bridgehead atoms. The van der Waals surface area contributed by atoms with E-state index >= 15 is 0 Å². The van der Waals surface area contributed by atoms with Crippen LogP contribution in [0.5, 0.6) is 0 Å². The van der Waals surface area contributed by atoms with Gasteiger partial charge in [-0.3, -0.25) is 5.14 Å². The summed E-state index contributed by atoms with van der Waals surface area (Å²) in [4.78, 5) is 0. The summed E-state index contributed by atoms with van der Waals surface area (Å²) < 4.78 is 0. The molecule has 0 saturated heterocycles. The fourth-order valence-corrected chi connectivity index (χ4v) is 0.522. The fraction of sp³-hybridized carbons (Fsp3) is 0.200. The van der Waals surface area contributed by atoms with E-state index in [2.05, 4.69) is 6.58 Å². The van der Waals surface area contributed by atoms with Crippen molar-refractivity contribution in [1.29, 1.82) is 0 Å². The summed E-state index contributed by atoms with van der Waals surface area (Å²) in [6.45, 7) is 5.45. The molecule has 0 aromatic carbocycles. The first-order valence-corrected chi connectivity index (χ1v) is 3.10. The summed E-state index contributed by atoms with van der Waals surface area (Å²) in [5.41, 5.74) is 6.89. The van der Waals surface area contributed by atoms with Crippen molar-refractivity contribution in [2.75, 3.05) is 0 Å². The average Bonchev–Trinajstić information content (AvgIpc) is 1.67. The van der Waals surface area contributed by atoms with Crippen molar-refractivity contribution in [3.05, 3.63) is 23.3 Å². The van der Waals surface area contributed by atoms with Gasteiger partial charge in [0.05, 0.1) is 0 Å². The number of rotatable bonds is 2. The van der Waals surface area contributed by atoms with Gasteiger partial charge in [-0.15, -0.1) is 0 Å². The molecule has 8 heavy (non-hydrogen) atoms. The molecule has 0 radical (unpaired) electrons. The molecule has 3 heteroatoms. The molecule has 0 aromatic rings. The second kappa shape index (κ2) is 3.57. The van der Waals surface area contributed by atoms with Gasteiger partial charge in [-0.2, -0.15) is 0 Å². The number of nitrogens with two attached hydrogens (primary N) is 2. The Morgan fingerprint density at radius 1 is 1.75 bits per heavy atom. The molecule has 0 aliphatic carbocycles. The third-order valence-corrected chi connectivity index (χ3v) is 1.08. The van der Waals surface area contributed by atoms with Crippen molar-refractivity contribution in [3.8, 4) is 0 Å². The Hall–Kier alpha value is -0.410. The van der Waals surface area contributed by atoms with Crippen LogP contribution in [0, 0.1) is 0 Å². The van der Waals surface area contributed by atoms with Crippen LogP contribution in [0.2, 0.25) is 0 Å². The van der Waals surface area contributed by atoms with Gasteiger partial charge < -0.3 is 5.73 Å². The Bertz CT molecular complexity index is 118. The molecule has 0 atom stereocenters. The third-order valence-electron chi connectivity index (χ3n) is 0.688. The minimum Gasteiger partial charge on any atom is -0.398 e. The highest BCUT2D eigenvalue weighted by Crippen LogP contribution is 2.01. The minimum absolute atomic E-state index is 0.650. The summed E-state index contributed by atoms with van der Waals surface area (Å²) in [6, 6.07) is 0. The van der Waals surface area contributed by atoms with Gasteiger partial charge in [0.1, 0.15) is 0 Å². The van der Waals surface area contributed by atoms with Gasteiger partial charge in [-0.1, -0.05) is 18.5 Å². The van der Waals surface area contributed by atoms with E-state index in [0.717, 1.165) is 17.5 Å². The van der Waals surface area contributed by atoms with Crippen molar-refractivity contribution >= 4 is 11.9 Å². The lowest BCUT2D eigenvalue weighted by Gasteiger charge is -1.94. The van der Waals surface area contributed by atoms with Gasteiger partial charge >= 0.3 is 0 Å². The molecular formula is C5H10N2S. The molecule has 0 unspecified atom stereocenters. The van der Waals surface area contributed by atoms with E-state index in [4.69, 9.17) is 10.9 Å². The molecule has 2 nitrogen and oxygen atoms in total. The monoisotopic (exact) mass is 130 g/mol. The van der Waals surface area contributed by atoms with Crippen molar-refractivity contribution < 1.29 is 0 Å². The number of allylic oxidation sites excluding steroid dienone is 1. The maximum atomic E-state index is 5.39. The van der Waals surface area contributed by atoms with Crippen LogP contribution in [-0.2, 0) is 0 Å². The molecule has 0 saturated carbocycles. The molecule has 0 aliphatic rings. The SMILES string of the molecule is C=C(C)/C(N)=C/SN. The smallest absolute Gasteiger partial charge is 0.0414 e. The number of hydrogen-bond acceptors (Lipinski definition) is 3. The Balaban J connectivity index is 3.80. The second-order valence-corrected chi connectivity index (χ2v) is 2.00. The van der Waals surface area contributed by atoms with Crippen molar-refractivity contribution in [3.63, 3.8) is 0 Å². The molecule has 0 spiro atoms. The largest absolute Gasteiger partial charge is 0.398 e. The van der Waals surface area contributed by atoms with Crippen LogP contribution in [0.15, 0.2) is 23.3 Å². The Morgan fingerprint density at radius 3 is 2.38 bits per heavy atom. The highest BCUT2D eigenvalue weighted by atomic mass is 32.2. The molecule has 0 amide bonds. The summed E-state index contributed by atoms with van der Waals surface area (Å²) in [7, 11) is 0. The molecule has 0 aliphatic heterocycles. The summed E-state index contributed by atoms with van der Waals surface area (Å²) in [5, 5.41) is 6.74. The maximum Gasteiger partial charge on any atom is 0.0414 e. The minimum atomic E-state index is 0.650. The van der Waals surface area contributed by atoms with Crippen LogP contribution in [0.4, 0.5) is 0 Å². The van der Waals surface area contributed by atoms with Gasteiger partial charge in [0.2, 0.25) is 0 Å². The first-order chi connectivity index (χ1) is 3.68. The summed E-state index contributed by atoms with van der Waals surface area (Å²) in [6.07, 6.45) is 0. The van der Waals surface area contributed by atoms with Gasteiger partial charge in [0.15, 0.2) is 0 Å². The molecule has 0 aromatic heterocycles. The maximum absolute atomic E-state index is 5.39. The van der Waals surface area contributed by atoms with E-state index in [9.17, 15) is 0 Å². The zero-order valence-corrected chi connectivity index (χ0v) is 5.66. The third kappa shape index (κ3) is 2.71. The van der Waals surface area contributed by atoms with Crippen LogP contribution < -0.4 is 10.9 Å². The Labute approximate surface area is 53.8 Å². The van der Waals surface area contributed by atoms with Crippen LogP contribution in [0.25, 0.3) is 0 Å². The van der Waals surface area contributed by atoms with Crippen LogP contribution in [0.3, 0.4) is 0 Å². The lowest BCUT2D eigenvalue weighted by Crippen LogP contribution is -1.96. The van der Waals surface area contributed by atoms with Gasteiger partial charge in [-0.25, -0.2) is 0 Å². The van der Waals surface area contributed by atoms with Crippen LogP contribution >= 0.6 is 11.9 Å². The average molecular weight is 130 g/mol. The van der Waals surface area contributed by atoms with Gasteiger partial charge in [0, 0.05) is 11.1 Å². The van der Waals surface area contributed by atoms with Crippen molar-refractivity contribution in [2.24, 2.45) is 10.9 Å².